The second kappa shape index (κ2) is 7.42. The van der Waals surface area contributed by atoms with Gasteiger partial charge in [-0.25, -0.2) is 4.98 Å². The van der Waals surface area contributed by atoms with Crippen LogP contribution >= 0.6 is 23.3 Å². The van der Waals surface area contributed by atoms with Crippen molar-refractivity contribution in [3.63, 3.8) is 0 Å². The number of amides is 1. The average molecular weight is 322 g/mol. The maximum atomic E-state index is 11.9. The molecule has 0 fully saturated rings. The van der Waals surface area contributed by atoms with Gasteiger partial charge in [-0.2, -0.15) is 4.37 Å². The van der Waals surface area contributed by atoms with Gasteiger partial charge in [0.25, 0.3) is 0 Å². The predicted octanol–water partition coefficient (Wildman–Crippen LogP) is 3.25. The Kier molecular flexibility index (Phi) is 5.58. The summed E-state index contributed by atoms with van der Waals surface area (Å²) in [6, 6.07) is 5.51. The van der Waals surface area contributed by atoms with Gasteiger partial charge in [0.1, 0.15) is 5.82 Å². The molecule has 0 bridgehead atoms. The molecule has 112 valence electrons. The highest BCUT2D eigenvalue weighted by Crippen LogP contribution is 2.22. The number of hydrogen-bond donors (Lipinski definition) is 2. The number of nitrogen functional groups attached to an aromatic ring is 1. The summed E-state index contributed by atoms with van der Waals surface area (Å²) < 4.78 is 5.08. The van der Waals surface area contributed by atoms with Crippen molar-refractivity contribution in [2.45, 2.75) is 31.0 Å². The first-order chi connectivity index (χ1) is 10.0. The van der Waals surface area contributed by atoms with E-state index in [1.165, 1.54) is 11.5 Å². The van der Waals surface area contributed by atoms with E-state index in [-0.39, 0.29) is 5.91 Å². The van der Waals surface area contributed by atoms with E-state index >= 15 is 0 Å². The molecule has 1 amide bonds. The lowest BCUT2D eigenvalue weighted by Crippen LogP contribution is -2.12. The predicted molar refractivity (Wildman–Crippen MR) is 88.8 cm³/mol. The Hall–Kier alpha value is -1.60. The number of thioether (sulfide) groups is 1. The average Bonchev–Trinajstić information content (AvgIpc) is 2.85. The van der Waals surface area contributed by atoms with Crippen molar-refractivity contribution in [1.82, 2.24) is 9.36 Å². The molecule has 0 spiro atoms. The van der Waals surface area contributed by atoms with Gasteiger partial charge in [0.05, 0.1) is 0 Å². The largest absolute Gasteiger partial charge is 0.399 e. The molecular formula is C14H18N4OS2. The minimum absolute atomic E-state index is 0.0118. The van der Waals surface area contributed by atoms with Crippen LogP contribution in [0.25, 0.3) is 0 Å². The topological polar surface area (TPSA) is 80.9 Å². The van der Waals surface area contributed by atoms with Gasteiger partial charge in [-0.1, -0.05) is 17.8 Å². The summed E-state index contributed by atoms with van der Waals surface area (Å²) >= 11 is 3.04. The number of nitrogens with one attached hydrogen (secondary N) is 1. The zero-order chi connectivity index (χ0) is 15.2. The first-order valence-electron chi connectivity index (χ1n) is 6.63. The highest BCUT2D eigenvalue weighted by Gasteiger charge is 2.06. The molecule has 3 N–H and O–H groups in total. The molecular weight excluding hydrogens is 304 g/mol. The summed E-state index contributed by atoms with van der Waals surface area (Å²) in [5, 5.41) is 2.90. The minimum Gasteiger partial charge on any atom is -0.399 e. The van der Waals surface area contributed by atoms with Crippen LogP contribution in [0, 0.1) is 13.8 Å². The van der Waals surface area contributed by atoms with Gasteiger partial charge in [0, 0.05) is 23.5 Å². The van der Waals surface area contributed by atoms with Crippen LogP contribution in [0.15, 0.2) is 22.5 Å². The van der Waals surface area contributed by atoms with E-state index in [1.54, 1.807) is 17.8 Å². The van der Waals surface area contributed by atoms with E-state index in [2.05, 4.69) is 14.7 Å². The van der Waals surface area contributed by atoms with Gasteiger partial charge < -0.3 is 11.1 Å². The lowest BCUT2D eigenvalue weighted by Gasteiger charge is -2.09. The van der Waals surface area contributed by atoms with Crippen molar-refractivity contribution in [1.29, 1.82) is 0 Å². The van der Waals surface area contributed by atoms with Gasteiger partial charge in [-0.3, -0.25) is 4.79 Å². The Balaban J connectivity index is 1.73. The molecule has 0 radical (unpaired) electrons. The van der Waals surface area contributed by atoms with E-state index < -0.39 is 0 Å². The molecule has 0 saturated heterocycles. The number of nitrogens with two attached hydrogens (primary N) is 1. The second-order valence-electron chi connectivity index (χ2n) is 4.68. The third-order valence-corrected chi connectivity index (χ3v) is 4.83. The Labute approximate surface area is 132 Å². The third-order valence-electron chi connectivity index (χ3n) is 2.82. The highest BCUT2D eigenvalue weighted by atomic mass is 32.2. The zero-order valence-corrected chi connectivity index (χ0v) is 13.7. The Morgan fingerprint density at radius 1 is 1.43 bits per heavy atom. The highest BCUT2D eigenvalue weighted by molar-refractivity contribution is 8.00. The quantitative estimate of drug-likeness (QED) is 0.485. The van der Waals surface area contributed by atoms with Crippen LogP contribution in [0.4, 0.5) is 11.4 Å². The summed E-state index contributed by atoms with van der Waals surface area (Å²) in [7, 11) is 0. The summed E-state index contributed by atoms with van der Waals surface area (Å²) in [5.74, 6) is 1.67. The fraction of sp³-hybridized carbons (Fsp3) is 0.357. The van der Waals surface area contributed by atoms with E-state index in [0.717, 1.165) is 33.6 Å². The third kappa shape index (κ3) is 5.02. The van der Waals surface area contributed by atoms with Crippen LogP contribution in [0.5, 0.6) is 0 Å². The normalized spacial score (nSPS) is 10.6. The number of benzene rings is 1. The van der Waals surface area contributed by atoms with Gasteiger partial charge in [-0.05, 0) is 49.5 Å². The van der Waals surface area contributed by atoms with Crippen molar-refractivity contribution < 1.29 is 4.79 Å². The van der Waals surface area contributed by atoms with Crippen LogP contribution in [-0.2, 0) is 4.79 Å². The smallest absolute Gasteiger partial charge is 0.224 e. The number of nitrogens with zero attached hydrogens (tertiary/aromatic N) is 2. The van der Waals surface area contributed by atoms with Gasteiger partial charge >= 0.3 is 0 Å². The molecule has 0 aliphatic carbocycles. The van der Waals surface area contributed by atoms with E-state index in [0.29, 0.717) is 12.1 Å². The summed E-state index contributed by atoms with van der Waals surface area (Å²) in [4.78, 5) is 16.2. The molecule has 21 heavy (non-hydrogen) atoms. The Morgan fingerprint density at radius 3 is 2.95 bits per heavy atom. The van der Waals surface area contributed by atoms with Crippen LogP contribution < -0.4 is 11.1 Å². The van der Waals surface area contributed by atoms with Crippen molar-refractivity contribution in [3.05, 3.63) is 29.6 Å². The number of aromatic nitrogens is 2. The van der Waals surface area contributed by atoms with Crippen LogP contribution in [0.1, 0.15) is 24.2 Å². The number of aryl methyl sites for hydroxylation is 2. The fourth-order valence-electron chi connectivity index (χ4n) is 1.72. The molecule has 2 rings (SSSR count). The molecule has 2 aromatic rings. The van der Waals surface area contributed by atoms with E-state index in [4.69, 9.17) is 5.73 Å². The number of hydrogen-bond acceptors (Lipinski definition) is 6. The van der Waals surface area contributed by atoms with Crippen molar-refractivity contribution in [2.24, 2.45) is 0 Å². The molecule has 0 unspecified atom stereocenters. The van der Waals surface area contributed by atoms with Gasteiger partial charge in [0.2, 0.25) is 5.91 Å². The Bertz CT molecular complexity index is 627. The number of carbonyl (C=O) groups is 1. The molecule has 1 aromatic heterocycles. The number of anilines is 2. The van der Waals surface area contributed by atoms with Crippen LogP contribution in [0.3, 0.4) is 0 Å². The summed E-state index contributed by atoms with van der Waals surface area (Å²) in [5.41, 5.74) is 8.17. The minimum atomic E-state index is 0.0118. The molecule has 0 saturated carbocycles. The van der Waals surface area contributed by atoms with Crippen molar-refractivity contribution in [2.75, 3.05) is 16.8 Å². The lowest BCUT2D eigenvalue weighted by atomic mass is 10.1. The van der Waals surface area contributed by atoms with Crippen molar-refractivity contribution in [3.8, 4) is 0 Å². The summed E-state index contributed by atoms with van der Waals surface area (Å²) in [6.45, 7) is 3.82. The zero-order valence-electron chi connectivity index (χ0n) is 12.0. The first kappa shape index (κ1) is 15.8. The molecule has 0 aliphatic rings. The van der Waals surface area contributed by atoms with Crippen LogP contribution in [0.2, 0.25) is 0 Å². The standard InChI is InChI=1S/C14H18N4OS2/c1-9-5-6-11(15)8-12(9)17-13(19)4-3-7-20-14-16-10(2)18-21-14/h5-6,8H,3-4,7,15H2,1-2H3,(H,17,19). The maximum absolute atomic E-state index is 11.9. The van der Waals surface area contributed by atoms with E-state index in [1.807, 2.05) is 26.0 Å². The summed E-state index contributed by atoms with van der Waals surface area (Å²) in [6.07, 6.45) is 1.29. The fourth-order valence-corrected chi connectivity index (χ4v) is 3.37. The second-order valence-corrected chi connectivity index (χ2v) is 6.78. The maximum Gasteiger partial charge on any atom is 0.224 e. The van der Waals surface area contributed by atoms with Crippen LogP contribution in [-0.4, -0.2) is 21.0 Å². The van der Waals surface area contributed by atoms with Crippen molar-refractivity contribution >= 4 is 40.6 Å². The molecule has 5 nitrogen and oxygen atoms in total. The van der Waals surface area contributed by atoms with E-state index in [9.17, 15) is 4.79 Å². The monoisotopic (exact) mass is 322 g/mol. The molecule has 1 aromatic carbocycles. The Morgan fingerprint density at radius 2 is 2.24 bits per heavy atom. The number of carbonyl (C=O) groups excluding carboxylic acids is 1. The SMILES string of the molecule is Cc1nsc(SCCCC(=O)Nc2cc(N)ccc2C)n1. The first-order valence-corrected chi connectivity index (χ1v) is 8.39. The molecule has 0 aliphatic heterocycles. The molecule has 1 heterocycles. The number of rotatable bonds is 6. The van der Waals surface area contributed by atoms with Gasteiger partial charge in [-0.15, -0.1) is 0 Å². The lowest BCUT2D eigenvalue weighted by molar-refractivity contribution is -0.116. The molecule has 0 atom stereocenters. The molecule has 7 heteroatoms. The van der Waals surface area contributed by atoms with Gasteiger partial charge in [0.15, 0.2) is 4.34 Å².